The summed E-state index contributed by atoms with van der Waals surface area (Å²) < 4.78 is 5.75. The van der Waals surface area contributed by atoms with Crippen LogP contribution in [0.2, 0.25) is 0 Å². The van der Waals surface area contributed by atoms with Crippen molar-refractivity contribution >= 4 is 0 Å². The Morgan fingerprint density at radius 1 is 1.27 bits per heavy atom. The van der Waals surface area contributed by atoms with Gasteiger partial charge in [-0.15, -0.1) is 0 Å². The molecule has 0 saturated heterocycles. The lowest BCUT2D eigenvalue weighted by atomic mass is 10.1. The largest absolute Gasteiger partial charge is 0.390 e. The van der Waals surface area contributed by atoms with Gasteiger partial charge in [0.2, 0.25) is 0 Å². The molecule has 1 aliphatic rings. The maximum Gasteiger partial charge on any atom is 0.120 e. The van der Waals surface area contributed by atoms with Crippen molar-refractivity contribution in [2.75, 3.05) is 20.0 Å². The third-order valence-corrected chi connectivity index (χ3v) is 3.71. The quantitative estimate of drug-likeness (QED) is 0.768. The van der Waals surface area contributed by atoms with E-state index in [9.17, 15) is 5.11 Å². The van der Waals surface area contributed by atoms with Gasteiger partial charge in [-0.25, -0.2) is 0 Å². The summed E-state index contributed by atoms with van der Waals surface area (Å²) in [5.41, 5.74) is 8.21. The van der Waals surface area contributed by atoms with Crippen molar-refractivity contribution in [2.24, 2.45) is 11.7 Å². The first-order valence-electron chi connectivity index (χ1n) is 7.79. The van der Waals surface area contributed by atoms with E-state index in [-0.39, 0.29) is 12.8 Å². The molecule has 0 radical (unpaired) electrons. The number of aliphatic hydroxyl groups is 1. The van der Waals surface area contributed by atoms with Gasteiger partial charge in [0, 0.05) is 6.20 Å². The summed E-state index contributed by atoms with van der Waals surface area (Å²) in [4.78, 5) is 4.08. The molecular formula is C17H27N3O2. The summed E-state index contributed by atoms with van der Waals surface area (Å²) in [5, 5.41) is 9.50. The molecule has 2 rings (SSSR count). The molecule has 0 amide bonds. The van der Waals surface area contributed by atoms with Gasteiger partial charge < -0.3 is 25.4 Å². The predicted molar refractivity (Wildman–Crippen MR) is 87.2 cm³/mol. The van der Waals surface area contributed by atoms with Crippen LogP contribution in [-0.2, 0) is 11.3 Å². The molecule has 0 unspecified atom stereocenters. The molecule has 1 aliphatic heterocycles. The van der Waals surface area contributed by atoms with Gasteiger partial charge in [-0.2, -0.15) is 0 Å². The normalized spacial score (nSPS) is 16.3. The van der Waals surface area contributed by atoms with Crippen LogP contribution in [0.25, 0.3) is 0 Å². The van der Waals surface area contributed by atoms with Crippen LogP contribution < -0.4 is 5.73 Å². The smallest absolute Gasteiger partial charge is 0.120 e. The SMILES string of the molecule is CC(C)C[C@@H](N)N1C=C(CO)N(COCc2ccccc2)C1. The predicted octanol–water partition coefficient (Wildman–Crippen LogP) is 1.90. The van der Waals surface area contributed by atoms with Gasteiger partial charge in [-0.3, -0.25) is 0 Å². The van der Waals surface area contributed by atoms with E-state index >= 15 is 0 Å². The van der Waals surface area contributed by atoms with E-state index < -0.39 is 0 Å². The highest BCUT2D eigenvalue weighted by Gasteiger charge is 2.24. The third-order valence-electron chi connectivity index (χ3n) is 3.71. The van der Waals surface area contributed by atoms with E-state index in [1.165, 1.54) is 0 Å². The van der Waals surface area contributed by atoms with E-state index in [0.29, 0.717) is 25.9 Å². The van der Waals surface area contributed by atoms with Gasteiger partial charge in [0.25, 0.3) is 0 Å². The van der Waals surface area contributed by atoms with E-state index in [1.807, 2.05) is 41.4 Å². The summed E-state index contributed by atoms with van der Waals surface area (Å²) in [6, 6.07) is 10.1. The fourth-order valence-corrected chi connectivity index (χ4v) is 2.53. The van der Waals surface area contributed by atoms with Gasteiger partial charge >= 0.3 is 0 Å². The highest BCUT2D eigenvalue weighted by molar-refractivity contribution is 5.13. The Labute approximate surface area is 133 Å². The van der Waals surface area contributed by atoms with Crippen LogP contribution in [0.1, 0.15) is 25.8 Å². The third kappa shape index (κ3) is 4.73. The summed E-state index contributed by atoms with van der Waals surface area (Å²) >= 11 is 0. The number of hydrogen-bond donors (Lipinski definition) is 2. The monoisotopic (exact) mass is 305 g/mol. The number of ether oxygens (including phenoxy) is 1. The van der Waals surface area contributed by atoms with Crippen LogP contribution >= 0.6 is 0 Å². The maximum atomic E-state index is 9.50. The second-order valence-electron chi connectivity index (χ2n) is 6.13. The number of benzene rings is 1. The van der Waals surface area contributed by atoms with E-state index in [1.54, 1.807) is 0 Å². The Morgan fingerprint density at radius 3 is 2.64 bits per heavy atom. The summed E-state index contributed by atoms with van der Waals surface area (Å²) in [5.74, 6) is 0.546. The first-order valence-corrected chi connectivity index (χ1v) is 7.79. The van der Waals surface area contributed by atoms with E-state index in [2.05, 4.69) is 18.7 Å². The molecular weight excluding hydrogens is 278 g/mol. The molecule has 0 fully saturated rings. The number of nitrogens with zero attached hydrogens (tertiary/aromatic N) is 2. The maximum absolute atomic E-state index is 9.50. The molecule has 22 heavy (non-hydrogen) atoms. The molecule has 0 aliphatic carbocycles. The first-order chi connectivity index (χ1) is 10.6. The number of hydrogen-bond acceptors (Lipinski definition) is 5. The Balaban J connectivity index is 1.83. The number of aliphatic hydroxyl groups excluding tert-OH is 1. The summed E-state index contributed by atoms with van der Waals surface area (Å²) in [6.07, 6.45) is 2.84. The summed E-state index contributed by atoms with van der Waals surface area (Å²) in [6.45, 7) is 6.00. The fourth-order valence-electron chi connectivity index (χ4n) is 2.53. The molecule has 0 saturated carbocycles. The zero-order chi connectivity index (χ0) is 15.9. The minimum absolute atomic E-state index is 0.000401. The van der Waals surface area contributed by atoms with Crippen LogP contribution in [0, 0.1) is 5.92 Å². The molecule has 3 N–H and O–H groups in total. The average Bonchev–Trinajstić information content (AvgIpc) is 2.91. The summed E-state index contributed by atoms with van der Waals surface area (Å²) in [7, 11) is 0. The van der Waals surface area contributed by atoms with Crippen molar-refractivity contribution in [3.63, 3.8) is 0 Å². The molecule has 1 heterocycles. The van der Waals surface area contributed by atoms with Crippen LogP contribution in [0.15, 0.2) is 42.2 Å². The van der Waals surface area contributed by atoms with E-state index in [4.69, 9.17) is 10.5 Å². The molecule has 5 nitrogen and oxygen atoms in total. The standard InChI is InChI=1S/C17H27N3O2/c1-14(2)8-17(18)19-9-16(10-21)20(12-19)13-22-11-15-6-4-3-5-7-15/h3-7,9,14,17,21H,8,10-13,18H2,1-2H3/t17-/m0/s1. The average molecular weight is 305 g/mol. The van der Waals surface area contributed by atoms with Crippen molar-refractivity contribution in [3.05, 3.63) is 47.8 Å². The zero-order valence-corrected chi connectivity index (χ0v) is 13.5. The van der Waals surface area contributed by atoms with Crippen molar-refractivity contribution in [3.8, 4) is 0 Å². The molecule has 0 spiro atoms. The lowest BCUT2D eigenvalue weighted by Gasteiger charge is -2.28. The molecule has 0 bridgehead atoms. The molecule has 1 aromatic carbocycles. The number of rotatable bonds is 8. The molecule has 1 atom stereocenters. The topological polar surface area (TPSA) is 62.0 Å². The first kappa shape index (κ1) is 16.8. The van der Waals surface area contributed by atoms with Gasteiger partial charge in [0.1, 0.15) is 6.73 Å². The number of nitrogens with two attached hydrogens (primary N) is 1. The van der Waals surface area contributed by atoms with Gasteiger partial charge in [-0.1, -0.05) is 44.2 Å². The van der Waals surface area contributed by atoms with Crippen LogP contribution in [-0.4, -0.2) is 41.1 Å². The highest BCUT2D eigenvalue weighted by Crippen LogP contribution is 2.19. The Kier molecular flexibility index (Phi) is 6.24. The minimum atomic E-state index is -0.0272. The molecule has 0 aromatic heterocycles. The second kappa shape index (κ2) is 8.17. The highest BCUT2D eigenvalue weighted by atomic mass is 16.5. The van der Waals surface area contributed by atoms with Crippen molar-refractivity contribution in [1.29, 1.82) is 0 Å². The second-order valence-corrected chi connectivity index (χ2v) is 6.13. The van der Waals surface area contributed by atoms with Crippen LogP contribution in [0.3, 0.4) is 0 Å². The molecule has 1 aromatic rings. The van der Waals surface area contributed by atoms with Gasteiger partial charge in [-0.05, 0) is 17.9 Å². The van der Waals surface area contributed by atoms with Crippen molar-refractivity contribution in [1.82, 2.24) is 9.80 Å². The minimum Gasteiger partial charge on any atom is -0.390 e. The van der Waals surface area contributed by atoms with Gasteiger partial charge in [0.05, 0.1) is 31.7 Å². The Bertz CT molecular complexity index is 476. The lowest BCUT2D eigenvalue weighted by Crippen LogP contribution is -2.41. The molecule has 122 valence electrons. The molecule has 5 heteroatoms. The van der Waals surface area contributed by atoms with Gasteiger partial charge in [0.15, 0.2) is 0 Å². The Hall–Kier alpha value is -1.56. The lowest BCUT2D eigenvalue weighted by molar-refractivity contribution is 0.0191. The zero-order valence-electron chi connectivity index (χ0n) is 13.5. The van der Waals surface area contributed by atoms with E-state index in [0.717, 1.165) is 17.7 Å². The van der Waals surface area contributed by atoms with Crippen molar-refractivity contribution in [2.45, 2.75) is 33.0 Å². The van der Waals surface area contributed by atoms with Crippen molar-refractivity contribution < 1.29 is 9.84 Å². The van der Waals surface area contributed by atoms with Crippen LogP contribution in [0.4, 0.5) is 0 Å². The fraction of sp³-hybridized carbons (Fsp3) is 0.529. The van der Waals surface area contributed by atoms with Crippen LogP contribution in [0.5, 0.6) is 0 Å². The Morgan fingerprint density at radius 2 is 2.00 bits per heavy atom.